The maximum atomic E-state index is 12.4. The zero-order valence-electron chi connectivity index (χ0n) is 16.8. The van der Waals surface area contributed by atoms with Gasteiger partial charge in [-0.3, -0.25) is 4.68 Å². The molecule has 0 radical (unpaired) electrons. The zero-order chi connectivity index (χ0) is 19.6. The Morgan fingerprint density at radius 3 is 2.68 bits per heavy atom. The second-order valence-electron chi connectivity index (χ2n) is 8.59. The molecule has 1 spiro atoms. The van der Waals surface area contributed by atoms with Gasteiger partial charge in [0.25, 0.3) is 0 Å². The molecule has 2 aliphatic heterocycles. The van der Waals surface area contributed by atoms with Crippen LogP contribution >= 0.6 is 0 Å². The minimum Gasteiger partial charge on any atom is -0.445 e. The molecule has 6 heteroatoms. The number of hydrogen-bond donors (Lipinski definition) is 1. The van der Waals surface area contributed by atoms with E-state index in [2.05, 4.69) is 30.5 Å². The van der Waals surface area contributed by atoms with Crippen LogP contribution in [-0.4, -0.2) is 40.4 Å². The van der Waals surface area contributed by atoms with E-state index < -0.39 is 0 Å². The summed E-state index contributed by atoms with van der Waals surface area (Å²) in [6, 6.07) is 10.2. The quantitative estimate of drug-likeness (QED) is 0.858. The molecule has 1 aromatic carbocycles. The summed E-state index contributed by atoms with van der Waals surface area (Å²) in [4.78, 5) is 14.3. The number of amides is 1. The third-order valence-corrected chi connectivity index (χ3v) is 6.03. The highest BCUT2D eigenvalue weighted by Crippen LogP contribution is 2.48. The van der Waals surface area contributed by atoms with Crippen molar-refractivity contribution in [2.45, 2.75) is 45.9 Å². The molecule has 0 aliphatic carbocycles. The van der Waals surface area contributed by atoms with Gasteiger partial charge in [-0.2, -0.15) is 5.10 Å². The summed E-state index contributed by atoms with van der Waals surface area (Å²) < 4.78 is 7.54. The van der Waals surface area contributed by atoms with E-state index in [1.54, 1.807) is 0 Å². The molecule has 1 amide bonds. The number of nitrogens with zero attached hydrogens (tertiary/aromatic N) is 3. The third kappa shape index (κ3) is 3.92. The fourth-order valence-electron chi connectivity index (χ4n) is 4.38. The molecular formula is C22H30N4O2. The number of rotatable bonds is 5. The third-order valence-electron chi connectivity index (χ3n) is 6.03. The SMILES string of the molecule is CC(C)Cn1cc(C2NCC23CCN(C(=O)OCc2ccccc2)CC3)cn1. The lowest BCUT2D eigenvalue weighted by molar-refractivity contribution is 0.0000450. The van der Waals surface area contributed by atoms with Crippen molar-refractivity contribution in [3.8, 4) is 0 Å². The molecule has 2 aliphatic rings. The van der Waals surface area contributed by atoms with Gasteiger partial charge in [0.1, 0.15) is 6.61 Å². The minimum atomic E-state index is -0.202. The van der Waals surface area contributed by atoms with Crippen LogP contribution in [0.25, 0.3) is 0 Å². The maximum absolute atomic E-state index is 12.4. The van der Waals surface area contributed by atoms with E-state index in [0.29, 0.717) is 18.6 Å². The largest absolute Gasteiger partial charge is 0.445 e. The second kappa shape index (κ2) is 7.95. The summed E-state index contributed by atoms with van der Waals surface area (Å²) >= 11 is 0. The molecule has 3 heterocycles. The number of nitrogens with one attached hydrogen (secondary N) is 1. The smallest absolute Gasteiger partial charge is 0.410 e. The predicted octanol–water partition coefficient (Wildman–Crippen LogP) is 3.60. The van der Waals surface area contributed by atoms with Gasteiger partial charge < -0.3 is 15.0 Å². The fourth-order valence-corrected chi connectivity index (χ4v) is 4.38. The Labute approximate surface area is 166 Å². The molecule has 2 fully saturated rings. The van der Waals surface area contributed by atoms with Crippen LogP contribution in [0.4, 0.5) is 4.79 Å². The first-order chi connectivity index (χ1) is 13.6. The molecule has 1 N–H and O–H groups in total. The highest BCUT2D eigenvalue weighted by Gasteiger charge is 2.49. The number of carbonyl (C=O) groups is 1. The van der Waals surface area contributed by atoms with Gasteiger partial charge in [0, 0.05) is 49.4 Å². The lowest BCUT2D eigenvalue weighted by atomic mass is 9.65. The van der Waals surface area contributed by atoms with E-state index in [-0.39, 0.29) is 11.5 Å². The van der Waals surface area contributed by atoms with Crippen molar-refractivity contribution in [2.24, 2.45) is 11.3 Å². The van der Waals surface area contributed by atoms with Crippen LogP contribution in [0, 0.1) is 11.3 Å². The Balaban J connectivity index is 1.30. The van der Waals surface area contributed by atoms with Crippen molar-refractivity contribution < 1.29 is 9.53 Å². The van der Waals surface area contributed by atoms with Crippen LogP contribution in [0.1, 0.15) is 43.9 Å². The molecular weight excluding hydrogens is 352 g/mol. The summed E-state index contributed by atoms with van der Waals surface area (Å²) in [5.74, 6) is 0.584. The second-order valence-corrected chi connectivity index (χ2v) is 8.59. The molecule has 0 bridgehead atoms. The molecule has 2 aromatic rings. The number of piperidine rings is 1. The molecule has 4 rings (SSSR count). The highest BCUT2D eigenvalue weighted by atomic mass is 16.6. The number of hydrogen-bond acceptors (Lipinski definition) is 4. The zero-order valence-corrected chi connectivity index (χ0v) is 16.8. The molecule has 28 heavy (non-hydrogen) atoms. The first-order valence-corrected chi connectivity index (χ1v) is 10.3. The van der Waals surface area contributed by atoms with E-state index in [9.17, 15) is 4.79 Å². The minimum absolute atomic E-state index is 0.202. The van der Waals surface area contributed by atoms with Gasteiger partial charge >= 0.3 is 6.09 Å². The Hall–Kier alpha value is -2.34. The van der Waals surface area contributed by atoms with Crippen molar-refractivity contribution in [3.05, 3.63) is 53.9 Å². The van der Waals surface area contributed by atoms with Crippen LogP contribution in [0.3, 0.4) is 0 Å². The van der Waals surface area contributed by atoms with Crippen LogP contribution in [-0.2, 0) is 17.9 Å². The highest BCUT2D eigenvalue weighted by molar-refractivity contribution is 5.67. The summed E-state index contributed by atoms with van der Waals surface area (Å²) in [5, 5.41) is 8.12. The van der Waals surface area contributed by atoms with E-state index >= 15 is 0 Å². The van der Waals surface area contributed by atoms with Crippen molar-refractivity contribution in [1.29, 1.82) is 0 Å². The summed E-state index contributed by atoms with van der Waals surface area (Å²) in [6.45, 7) is 8.22. The molecule has 150 valence electrons. The van der Waals surface area contributed by atoms with Crippen LogP contribution < -0.4 is 5.32 Å². The van der Waals surface area contributed by atoms with Gasteiger partial charge in [-0.15, -0.1) is 0 Å². The Kier molecular flexibility index (Phi) is 5.40. The Morgan fingerprint density at radius 1 is 1.29 bits per heavy atom. The van der Waals surface area contributed by atoms with Gasteiger partial charge in [-0.05, 0) is 24.3 Å². The van der Waals surface area contributed by atoms with Gasteiger partial charge in [0.05, 0.1) is 6.20 Å². The van der Waals surface area contributed by atoms with Gasteiger partial charge in [-0.1, -0.05) is 44.2 Å². The molecule has 2 saturated heterocycles. The van der Waals surface area contributed by atoms with Gasteiger partial charge in [0.15, 0.2) is 0 Å². The first kappa shape index (κ1) is 19.0. The summed E-state index contributed by atoms with van der Waals surface area (Å²) in [5.41, 5.74) is 2.53. The summed E-state index contributed by atoms with van der Waals surface area (Å²) in [6.07, 6.45) is 5.98. The average molecular weight is 383 g/mol. The number of benzene rings is 1. The number of carbonyl (C=O) groups excluding carboxylic acids is 1. The van der Waals surface area contributed by atoms with Crippen LogP contribution in [0.5, 0.6) is 0 Å². The Bertz CT molecular complexity index is 794. The van der Waals surface area contributed by atoms with Crippen molar-refractivity contribution in [3.63, 3.8) is 0 Å². The van der Waals surface area contributed by atoms with E-state index in [0.717, 1.165) is 44.6 Å². The topological polar surface area (TPSA) is 59.4 Å². The molecule has 1 unspecified atom stereocenters. The standard InChI is InChI=1S/C22H30N4O2/c1-17(2)13-26-14-19(12-24-26)20-22(16-23-20)8-10-25(11-9-22)21(27)28-15-18-6-4-3-5-7-18/h3-7,12,14,17,20,23H,8-11,13,15-16H2,1-2H3. The fraction of sp³-hybridized carbons (Fsp3) is 0.545. The normalized spacial score (nSPS) is 21.0. The predicted molar refractivity (Wildman–Crippen MR) is 108 cm³/mol. The van der Waals surface area contributed by atoms with Crippen LogP contribution in [0.15, 0.2) is 42.7 Å². The lowest BCUT2D eigenvalue weighted by Gasteiger charge is -2.54. The summed E-state index contributed by atoms with van der Waals surface area (Å²) in [7, 11) is 0. The lowest BCUT2D eigenvalue weighted by Crippen LogP contribution is -2.60. The van der Waals surface area contributed by atoms with Crippen molar-refractivity contribution in [1.82, 2.24) is 20.0 Å². The van der Waals surface area contributed by atoms with E-state index in [1.165, 1.54) is 5.56 Å². The van der Waals surface area contributed by atoms with E-state index in [1.807, 2.05) is 46.1 Å². The number of aromatic nitrogens is 2. The molecule has 1 atom stereocenters. The van der Waals surface area contributed by atoms with Gasteiger partial charge in [0.2, 0.25) is 0 Å². The molecule has 1 aromatic heterocycles. The number of likely N-dealkylation sites (tertiary alicyclic amines) is 1. The van der Waals surface area contributed by atoms with Crippen LogP contribution in [0.2, 0.25) is 0 Å². The first-order valence-electron chi connectivity index (χ1n) is 10.3. The monoisotopic (exact) mass is 382 g/mol. The van der Waals surface area contributed by atoms with Crippen molar-refractivity contribution >= 4 is 6.09 Å². The van der Waals surface area contributed by atoms with Gasteiger partial charge in [-0.25, -0.2) is 4.79 Å². The average Bonchev–Trinajstić information content (AvgIpc) is 3.12. The van der Waals surface area contributed by atoms with E-state index in [4.69, 9.17) is 4.74 Å². The molecule has 0 saturated carbocycles. The van der Waals surface area contributed by atoms with Crippen molar-refractivity contribution in [2.75, 3.05) is 19.6 Å². The Morgan fingerprint density at radius 2 is 2.04 bits per heavy atom. The number of ether oxygens (including phenoxy) is 1. The molecule has 6 nitrogen and oxygen atoms in total. The maximum Gasteiger partial charge on any atom is 0.410 e.